The van der Waals surface area contributed by atoms with E-state index < -0.39 is 12.0 Å². The maximum atomic E-state index is 11.7. The summed E-state index contributed by atoms with van der Waals surface area (Å²) in [5.41, 5.74) is 5.73. The molecule has 0 spiro atoms. The predicted octanol–water partition coefficient (Wildman–Crippen LogP) is 0.436. The van der Waals surface area contributed by atoms with Crippen molar-refractivity contribution in [3.63, 3.8) is 0 Å². The van der Waals surface area contributed by atoms with Gasteiger partial charge in [0.25, 0.3) is 0 Å². The molecule has 0 unspecified atom stereocenters. The van der Waals surface area contributed by atoms with Gasteiger partial charge in [0.15, 0.2) is 0 Å². The second-order valence-corrected chi connectivity index (χ2v) is 5.43. The third-order valence-electron chi connectivity index (χ3n) is 3.10. The van der Waals surface area contributed by atoms with Crippen LogP contribution in [0.4, 0.5) is 0 Å². The zero-order chi connectivity index (χ0) is 12.8. The summed E-state index contributed by atoms with van der Waals surface area (Å²) in [5.74, 6) is -0.386. The van der Waals surface area contributed by atoms with Gasteiger partial charge in [-0.15, -0.1) is 0 Å². The van der Waals surface area contributed by atoms with E-state index in [1.807, 2.05) is 6.26 Å². The van der Waals surface area contributed by atoms with Crippen molar-refractivity contribution in [1.29, 1.82) is 0 Å². The van der Waals surface area contributed by atoms with Gasteiger partial charge in [-0.1, -0.05) is 0 Å². The number of thioether (sulfide) groups is 1. The number of nitrogens with two attached hydrogens (primary N) is 1. The van der Waals surface area contributed by atoms with Crippen LogP contribution >= 0.6 is 11.8 Å². The molecule has 6 heteroatoms. The minimum Gasteiger partial charge on any atom is -0.481 e. The number of hydrogen-bond acceptors (Lipinski definition) is 4. The monoisotopic (exact) mass is 260 g/mol. The number of carbonyl (C=O) groups excluding carboxylic acids is 1. The quantitative estimate of drug-likeness (QED) is 0.644. The van der Waals surface area contributed by atoms with Crippen molar-refractivity contribution in [3.05, 3.63) is 0 Å². The van der Waals surface area contributed by atoms with Gasteiger partial charge in [-0.3, -0.25) is 9.59 Å². The lowest BCUT2D eigenvalue weighted by Crippen LogP contribution is -2.45. The Bertz CT molecular complexity index is 286. The van der Waals surface area contributed by atoms with Crippen molar-refractivity contribution in [2.45, 2.75) is 37.8 Å². The molecular weight excluding hydrogens is 240 g/mol. The normalized spacial score (nSPS) is 25.5. The van der Waals surface area contributed by atoms with E-state index in [-0.39, 0.29) is 17.9 Å². The lowest BCUT2D eigenvalue weighted by atomic mass is 10.1. The molecule has 4 N–H and O–H groups in total. The number of rotatable bonds is 6. The van der Waals surface area contributed by atoms with E-state index in [0.29, 0.717) is 19.3 Å². The standard InChI is InChI=1S/C11H20N2O3S/c1-17-5-4-9(12)10(14)13-8-3-2-7(6-8)11(15)16/h7-9H,2-6,12H2,1H3,(H,13,14)(H,15,16)/t7-,8+,9+/m1/s1. The number of nitrogens with one attached hydrogen (secondary N) is 1. The van der Waals surface area contributed by atoms with E-state index in [9.17, 15) is 9.59 Å². The molecule has 0 aliphatic heterocycles. The van der Waals surface area contributed by atoms with E-state index in [2.05, 4.69) is 5.32 Å². The Morgan fingerprint density at radius 3 is 2.76 bits per heavy atom. The summed E-state index contributed by atoms with van der Waals surface area (Å²) < 4.78 is 0. The molecule has 0 bridgehead atoms. The van der Waals surface area contributed by atoms with Crippen LogP contribution in [0.15, 0.2) is 0 Å². The fourth-order valence-corrected chi connectivity index (χ4v) is 2.51. The summed E-state index contributed by atoms with van der Waals surface area (Å²) in [6.07, 6.45) is 4.52. The van der Waals surface area contributed by atoms with Gasteiger partial charge >= 0.3 is 5.97 Å². The second-order valence-electron chi connectivity index (χ2n) is 4.44. The summed E-state index contributed by atoms with van der Waals surface area (Å²) in [6, 6.07) is -0.504. The van der Waals surface area contributed by atoms with Crippen molar-refractivity contribution < 1.29 is 14.7 Å². The van der Waals surface area contributed by atoms with Crippen molar-refractivity contribution in [1.82, 2.24) is 5.32 Å². The molecule has 1 aliphatic rings. The molecule has 0 heterocycles. The molecule has 1 aliphatic carbocycles. The molecule has 98 valence electrons. The Kier molecular flexibility index (Phi) is 5.77. The fourth-order valence-electron chi connectivity index (χ4n) is 2.02. The maximum absolute atomic E-state index is 11.7. The van der Waals surface area contributed by atoms with Crippen LogP contribution in [0.5, 0.6) is 0 Å². The molecule has 1 rings (SSSR count). The van der Waals surface area contributed by atoms with Gasteiger partial charge in [0.05, 0.1) is 12.0 Å². The second kappa shape index (κ2) is 6.86. The Balaban J connectivity index is 2.30. The summed E-state index contributed by atoms with van der Waals surface area (Å²) >= 11 is 1.66. The van der Waals surface area contributed by atoms with Crippen LogP contribution < -0.4 is 11.1 Å². The van der Waals surface area contributed by atoms with Crippen LogP contribution in [0.3, 0.4) is 0 Å². The first-order valence-corrected chi connectivity index (χ1v) is 7.21. The number of carboxylic acid groups (broad SMARTS) is 1. The highest BCUT2D eigenvalue weighted by molar-refractivity contribution is 7.98. The van der Waals surface area contributed by atoms with E-state index in [1.54, 1.807) is 11.8 Å². The first-order chi connectivity index (χ1) is 8.04. The minimum absolute atomic E-state index is 0.0241. The van der Waals surface area contributed by atoms with Crippen molar-refractivity contribution >= 4 is 23.6 Å². The van der Waals surface area contributed by atoms with Gasteiger partial charge in [0.1, 0.15) is 0 Å². The average Bonchev–Trinajstić information content (AvgIpc) is 2.74. The predicted molar refractivity (Wildman–Crippen MR) is 67.9 cm³/mol. The minimum atomic E-state index is -0.770. The SMILES string of the molecule is CSCC[C@H](N)C(=O)N[C@H]1CC[C@@H](C(=O)O)C1. The molecule has 0 radical (unpaired) electrons. The summed E-state index contributed by atoms with van der Waals surface area (Å²) in [7, 11) is 0. The molecular formula is C11H20N2O3S. The fraction of sp³-hybridized carbons (Fsp3) is 0.818. The van der Waals surface area contributed by atoms with Gasteiger partial charge < -0.3 is 16.2 Å². The van der Waals surface area contributed by atoms with E-state index in [4.69, 9.17) is 10.8 Å². The highest BCUT2D eigenvalue weighted by Gasteiger charge is 2.31. The molecule has 0 aromatic carbocycles. The van der Waals surface area contributed by atoms with E-state index in [1.165, 1.54) is 0 Å². The van der Waals surface area contributed by atoms with Gasteiger partial charge in [-0.2, -0.15) is 11.8 Å². The molecule has 5 nitrogen and oxygen atoms in total. The smallest absolute Gasteiger partial charge is 0.306 e. The number of carbonyl (C=O) groups is 2. The van der Waals surface area contributed by atoms with Crippen LogP contribution in [0.2, 0.25) is 0 Å². The van der Waals surface area contributed by atoms with Crippen LogP contribution in [0.1, 0.15) is 25.7 Å². The molecule has 1 fully saturated rings. The largest absolute Gasteiger partial charge is 0.481 e. The molecule has 1 saturated carbocycles. The Hall–Kier alpha value is -0.750. The van der Waals surface area contributed by atoms with Gasteiger partial charge in [0.2, 0.25) is 5.91 Å². The molecule has 17 heavy (non-hydrogen) atoms. The highest BCUT2D eigenvalue weighted by Crippen LogP contribution is 2.25. The van der Waals surface area contributed by atoms with Crippen LogP contribution in [-0.2, 0) is 9.59 Å². The van der Waals surface area contributed by atoms with Gasteiger partial charge in [-0.25, -0.2) is 0 Å². The average molecular weight is 260 g/mol. The topological polar surface area (TPSA) is 92.4 Å². The highest BCUT2D eigenvalue weighted by atomic mass is 32.2. The van der Waals surface area contributed by atoms with Crippen molar-refractivity contribution in [3.8, 4) is 0 Å². The lowest BCUT2D eigenvalue weighted by molar-refractivity contribution is -0.141. The first kappa shape index (κ1) is 14.3. The number of hydrogen-bond donors (Lipinski definition) is 3. The summed E-state index contributed by atoms with van der Waals surface area (Å²) in [5, 5.41) is 11.7. The summed E-state index contributed by atoms with van der Waals surface area (Å²) in [4.78, 5) is 22.5. The first-order valence-electron chi connectivity index (χ1n) is 5.82. The van der Waals surface area contributed by atoms with Crippen molar-refractivity contribution in [2.24, 2.45) is 11.7 Å². The molecule has 1 amide bonds. The molecule has 0 saturated heterocycles. The maximum Gasteiger partial charge on any atom is 0.306 e. The Labute approximate surface area is 106 Å². The Morgan fingerprint density at radius 1 is 1.53 bits per heavy atom. The van der Waals surface area contributed by atoms with Crippen molar-refractivity contribution in [2.75, 3.05) is 12.0 Å². The summed E-state index contributed by atoms with van der Waals surface area (Å²) in [6.45, 7) is 0. The molecule has 3 atom stereocenters. The number of aliphatic carboxylic acids is 1. The number of carboxylic acids is 1. The van der Waals surface area contributed by atoms with Crippen LogP contribution in [0.25, 0.3) is 0 Å². The van der Waals surface area contributed by atoms with Crippen LogP contribution in [-0.4, -0.2) is 41.1 Å². The molecule has 0 aromatic rings. The molecule has 0 aromatic heterocycles. The lowest BCUT2D eigenvalue weighted by Gasteiger charge is -2.16. The van der Waals surface area contributed by atoms with E-state index in [0.717, 1.165) is 12.2 Å². The van der Waals surface area contributed by atoms with Gasteiger partial charge in [-0.05, 0) is 37.7 Å². The Morgan fingerprint density at radius 2 is 2.24 bits per heavy atom. The van der Waals surface area contributed by atoms with Gasteiger partial charge in [0, 0.05) is 6.04 Å². The zero-order valence-corrected chi connectivity index (χ0v) is 10.8. The number of amides is 1. The third kappa shape index (κ3) is 4.55. The van der Waals surface area contributed by atoms with Crippen LogP contribution in [0, 0.1) is 5.92 Å². The zero-order valence-electron chi connectivity index (χ0n) is 10.0. The van der Waals surface area contributed by atoms with E-state index >= 15 is 0 Å². The third-order valence-corrected chi connectivity index (χ3v) is 3.74.